The van der Waals surface area contributed by atoms with Gasteiger partial charge in [-0.2, -0.15) is 17.5 Å². The Morgan fingerprint density at radius 3 is 2.37 bits per heavy atom. The number of benzene rings is 1. The van der Waals surface area contributed by atoms with Crippen LogP contribution in [-0.2, 0) is 15.9 Å². The van der Waals surface area contributed by atoms with Crippen LogP contribution in [0.15, 0.2) is 23.1 Å². The van der Waals surface area contributed by atoms with Gasteiger partial charge in [-0.3, -0.25) is 0 Å². The average molecular weight is 320 g/mol. The highest BCUT2D eigenvalue weighted by Crippen LogP contribution is 2.23. The van der Waals surface area contributed by atoms with E-state index in [2.05, 4.69) is 0 Å². The molecule has 108 valence electrons. The molecule has 0 atom stereocenters. The summed E-state index contributed by atoms with van der Waals surface area (Å²) in [5.41, 5.74) is -0.0943. The summed E-state index contributed by atoms with van der Waals surface area (Å²) in [5, 5.41) is 0. The molecule has 0 radical (unpaired) electrons. The Morgan fingerprint density at radius 2 is 1.89 bits per heavy atom. The number of alkyl halides is 4. The van der Waals surface area contributed by atoms with Crippen LogP contribution in [0.25, 0.3) is 0 Å². The first kappa shape index (κ1) is 16.2. The molecule has 0 fully saturated rings. The van der Waals surface area contributed by atoms with E-state index in [-0.39, 0.29) is 15.7 Å². The Morgan fingerprint density at radius 1 is 1.32 bits per heavy atom. The van der Waals surface area contributed by atoms with Crippen LogP contribution in [0, 0.1) is 5.82 Å². The first-order valence-electron chi connectivity index (χ1n) is 4.95. The first-order chi connectivity index (χ1) is 8.58. The van der Waals surface area contributed by atoms with Crippen LogP contribution in [-0.4, -0.2) is 32.5 Å². The monoisotopic (exact) mass is 319 g/mol. The molecule has 1 rings (SSSR count). The third-order valence-corrected chi connectivity index (χ3v) is 4.36. The van der Waals surface area contributed by atoms with Crippen molar-refractivity contribution in [3.63, 3.8) is 0 Å². The standard InChI is InChI=1S/C10H10ClF4NO2S/c1-16(6-10(13,14)15)19(17,18)8-2-3-9(12)7(4-8)5-11/h2-4H,5-6H2,1H3. The summed E-state index contributed by atoms with van der Waals surface area (Å²) in [6, 6.07) is 2.67. The Hall–Kier alpha value is -0.860. The van der Waals surface area contributed by atoms with Crippen molar-refractivity contribution < 1.29 is 26.0 Å². The lowest BCUT2D eigenvalue weighted by atomic mass is 10.2. The highest BCUT2D eigenvalue weighted by molar-refractivity contribution is 7.89. The van der Waals surface area contributed by atoms with Crippen molar-refractivity contribution in [2.75, 3.05) is 13.6 Å². The Bertz CT molecular complexity index is 559. The SMILES string of the molecule is CN(CC(F)(F)F)S(=O)(=O)c1ccc(F)c(CCl)c1. The molecule has 0 saturated heterocycles. The number of halogens is 5. The second-order valence-electron chi connectivity index (χ2n) is 3.76. The molecule has 0 bridgehead atoms. The molecule has 0 saturated carbocycles. The van der Waals surface area contributed by atoms with E-state index in [9.17, 15) is 26.0 Å². The third-order valence-electron chi connectivity index (χ3n) is 2.27. The number of sulfonamides is 1. The largest absolute Gasteiger partial charge is 0.402 e. The van der Waals surface area contributed by atoms with Crippen molar-refractivity contribution in [1.82, 2.24) is 4.31 Å². The van der Waals surface area contributed by atoms with E-state index in [0.717, 1.165) is 25.2 Å². The van der Waals surface area contributed by atoms with Gasteiger partial charge in [0, 0.05) is 12.6 Å². The van der Waals surface area contributed by atoms with E-state index in [0.29, 0.717) is 0 Å². The van der Waals surface area contributed by atoms with Crippen molar-refractivity contribution >= 4 is 21.6 Å². The molecule has 1 aromatic rings. The summed E-state index contributed by atoms with van der Waals surface area (Å²) in [4.78, 5) is -0.434. The average Bonchev–Trinajstić information content (AvgIpc) is 2.27. The van der Waals surface area contributed by atoms with E-state index in [1.165, 1.54) is 0 Å². The summed E-state index contributed by atoms with van der Waals surface area (Å²) < 4.78 is 73.5. The molecule has 0 N–H and O–H groups in total. The van der Waals surface area contributed by atoms with Crippen LogP contribution in [0.2, 0.25) is 0 Å². The molecule has 1 aromatic carbocycles. The van der Waals surface area contributed by atoms with E-state index >= 15 is 0 Å². The smallest absolute Gasteiger partial charge is 0.207 e. The zero-order valence-corrected chi connectivity index (χ0v) is 11.3. The van der Waals surface area contributed by atoms with Gasteiger partial charge >= 0.3 is 6.18 Å². The minimum Gasteiger partial charge on any atom is -0.207 e. The molecule has 0 unspecified atom stereocenters. The molecule has 0 spiro atoms. The molecule has 3 nitrogen and oxygen atoms in total. The lowest BCUT2D eigenvalue weighted by Gasteiger charge is -2.19. The fourth-order valence-corrected chi connectivity index (χ4v) is 2.74. The summed E-state index contributed by atoms with van der Waals surface area (Å²) in [6.45, 7) is -1.62. The van der Waals surface area contributed by atoms with Gasteiger partial charge < -0.3 is 0 Å². The normalized spacial score (nSPS) is 13.0. The maximum absolute atomic E-state index is 13.2. The van der Waals surface area contributed by atoms with Crippen LogP contribution in [0.5, 0.6) is 0 Å². The second kappa shape index (κ2) is 5.64. The highest BCUT2D eigenvalue weighted by atomic mass is 35.5. The molecule has 0 aliphatic rings. The summed E-state index contributed by atoms with van der Waals surface area (Å²) in [7, 11) is -3.54. The van der Waals surface area contributed by atoms with Crippen LogP contribution >= 0.6 is 11.6 Å². The van der Waals surface area contributed by atoms with Gasteiger partial charge in [0.05, 0.1) is 10.8 Å². The minimum absolute atomic E-state index is 0.0943. The van der Waals surface area contributed by atoms with E-state index in [4.69, 9.17) is 11.6 Å². The van der Waals surface area contributed by atoms with E-state index in [1.807, 2.05) is 0 Å². The Balaban J connectivity index is 3.13. The molecule has 0 amide bonds. The lowest BCUT2D eigenvalue weighted by molar-refractivity contribution is -0.134. The maximum atomic E-state index is 13.2. The van der Waals surface area contributed by atoms with Crippen LogP contribution < -0.4 is 0 Å². The van der Waals surface area contributed by atoms with Gasteiger partial charge in [0.25, 0.3) is 0 Å². The fraction of sp³-hybridized carbons (Fsp3) is 0.400. The molecule has 0 aliphatic carbocycles. The fourth-order valence-electron chi connectivity index (χ4n) is 1.33. The van der Waals surface area contributed by atoms with Gasteiger partial charge in [-0.15, -0.1) is 11.6 Å². The third kappa shape index (κ3) is 4.05. The summed E-state index contributed by atoms with van der Waals surface area (Å²) >= 11 is 5.41. The zero-order chi connectivity index (χ0) is 14.8. The molecular weight excluding hydrogens is 310 g/mol. The van der Waals surface area contributed by atoms with Gasteiger partial charge in [-0.05, 0) is 18.2 Å². The zero-order valence-electron chi connectivity index (χ0n) is 9.71. The van der Waals surface area contributed by atoms with E-state index < -0.39 is 33.5 Å². The number of hydrogen-bond donors (Lipinski definition) is 0. The predicted molar refractivity (Wildman–Crippen MR) is 61.8 cm³/mol. The van der Waals surface area contributed by atoms with Gasteiger partial charge in [0.1, 0.15) is 12.4 Å². The topological polar surface area (TPSA) is 37.4 Å². The molecule has 9 heteroatoms. The van der Waals surface area contributed by atoms with Crippen molar-refractivity contribution in [1.29, 1.82) is 0 Å². The van der Waals surface area contributed by atoms with Crippen molar-refractivity contribution in [3.8, 4) is 0 Å². The Labute approximate surface area is 112 Å². The van der Waals surface area contributed by atoms with Crippen molar-refractivity contribution in [3.05, 3.63) is 29.6 Å². The van der Waals surface area contributed by atoms with Gasteiger partial charge in [0.2, 0.25) is 10.0 Å². The van der Waals surface area contributed by atoms with Crippen molar-refractivity contribution in [2.45, 2.75) is 17.0 Å². The predicted octanol–water partition coefficient (Wildman–Crippen LogP) is 2.75. The number of nitrogens with zero attached hydrogens (tertiary/aromatic N) is 1. The molecule has 0 heterocycles. The van der Waals surface area contributed by atoms with Gasteiger partial charge in [-0.1, -0.05) is 0 Å². The minimum atomic E-state index is -4.66. The number of rotatable bonds is 4. The quantitative estimate of drug-likeness (QED) is 0.632. The highest BCUT2D eigenvalue weighted by Gasteiger charge is 2.34. The Kier molecular flexibility index (Phi) is 4.81. The number of hydrogen-bond acceptors (Lipinski definition) is 2. The summed E-state index contributed by atoms with van der Waals surface area (Å²) in [6.07, 6.45) is -4.66. The molecule has 0 aliphatic heterocycles. The van der Waals surface area contributed by atoms with Crippen LogP contribution in [0.1, 0.15) is 5.56 Å². The van der Waals surface area contributed by atoms with Crippen LogP contribution in [0.3, 0.4) is 0 Å². The maximum Gasteiger partial charge on any atom is 0.402 e. The first-order valence-corrected chi connectivity index (χ1v) is 6.93. The molecule has 0 aromatic heterocycles. The molecular formula is C10H10ClF4NO2S. The van der Waals surface area contributed by atoms with Gasteiger partial charge in [0.15, 0.2) is 0 Å². The molecule has 19 heavy (non-hydrogen) atoms. The van der Waals surface area contributed by atoms with Gasteiger partial charge in [-0.25, -0.2) is 12.8 Å². The second-order valence-corrected chi connectivity index (χ2v) is 6.08. The summed E-state index contributed by atoms with van der Waals surface area (Å²) in [5.74, 6) is -0.995. The lowest BCUT2D eigenvalue weighted by Crippen LogP contribution is -2.35. The van der Waals surface area contributed by atoms with E-state index in [1.54, 1.807) is 0 Å². The van der Waals surface area contributed by atoms with Crippen molar-refractivity contribution in [2.24, 2.45) is 0 Å². The van der Waals surface area contributed by atoms with Crippen LogP contribution in [0.4, 0.5) is 17.6 Å².